The number of hydrogen-bond acceptors (Lipinski definition) is 6. The van der Waals surface area contributed by atoms with Crippen LogP contribution in [0, 0.1) is 13.8 Å². The van der Waals surface area contributed by atoms with Crippen molar-refractivity contribution >= 4 is 21.9 Å². The van der Waals surface area contributed by atoms with Gasteiger partial charge in [-0.25, -0.2) is 12.7 Å². The zero-order chi connectivity index (χ0) is 20.5. The molecular formula is C19H20N4O4S. The molecule has 3 rings (SSSR count). The first kappa shape index (κ1) is 19.7. The van der Waals surface area contributed by atoms with Crippen LogP contribution in [0.3, 0.4) is 0 Å². The third-order valence-corrected chi connectivity index (χ3v) is 5.99. The molecule has 2 aromatic carbocycles. The third-order valence-electron chi connectivity index (χ3n) is 4.16. The summed E-state index contributed by atoms with van der Waals surface area (Å²) >= 11 is 0. The Hall–Kier alpha value is -3.04. The number of aryl methyl sites for hydroxylation is 2. The van der Waals surface area contributed by atoms with Crippen molar-refractivity contribution < 1.29 is 17.6 Å². The Morgan fingerprint density at radius 3 is 2.36 bits per heavy atom. The monoisotopic (exact) mass is 400 g/mol. The standard InChI is InChI=1S/C19H20N4O4S/c1-12-5-6-13(2)16(11-12)18-21-22-19(27-18)20-17(24)14-7-9-15(10-8-14)28(25,26)23(3)4/h5-11H,1-4H3,(H,20,22,24). The van der Waals surface area contributed by atoms with Gasteiger partial charge in [0, 0.05) is 25.2 Å². The van der Waals surface area contributed by atoms with Crippen LogP contribution in [0.15, 0.2) is 51.8 Å². The van der Waals surface area contributed by atoms with Crippen molar-refractivity contribution in [3.05, 3.63) is 59.2 Å². The van der Waals surface area contributed by atoms with Gasteiger partial charge >= 0.3 is 6.01 Å². The van der Waals surface area contributed by atoms with E-state index in [0.29, 0.717) is 5.89 Å². The Kier molecular flexibility index (Phi) is 5.30. The van der Waals surface area contributed by atoms with Crippen molar-refractivity contribution in [2.75, 3.05) is 19.4 Å². The van der Waals surface area contributed by atoms with E-state index in [1.54, 1.807) is 0 Å². The number of sulfonamides is 1. The van der Waals surface area contributed by atoms with Gasteiger partial charge < -0.3 is 4.42 Å². The summed E-state index contributed by atoms with van der Waals surface area (Å²) in [7, 11) is -0.665. The van der Waals surface area contributed by atoms with E-state index >= 15 is 0 Å². The third kappa shape index (κ3) is 3.95. The summed E-state index contributed by atoms with van der Waals surface area (Å²) < 4.78 is 30.8. The maximum Gasteiger partial charge on any atom is 0.322 e. The topological polar surface area (TPSA) is 105 Å². The van der Waals surface area contributed by atoms with E-state index in [2.05, 4.69) is 15.5 Å². The van der Waals surface area contributed by atoms with Crippen LogP contribution in [0.25, 0.3) is 11.5 Å². The average Bonchev–Trinajstić information content (AvgIpc) is 3.11. The Morgan fingerprint density at radius 1 is 1.04 bits per heavy atom. The van der Waals surface area contributed by atoms with Gasteiger partial charge in [-0.3, -0.25) is 10.1 Å². The molecule has 8 nitrogen and oxygen atoms in total. The Balaban J connectivity index is 1.77. The largest absolute Gasteiger partial charge is 0.403 e. The molecule has 9 heteroatoms. The van der Waals surface area contributed by atoms with Crippen molar-refractivity contribution in [3.63, 3.8) is 0 Å². The van der Waals surface area contributed by atoms with Crippen LogP contribution in [0.4, 0.5) is 6.01 Å². The predicted molar refractivity (Wildman–Crippen MR) is 104 cm³/mol. The Morgan fingerprint density at radius 2 is 1.71 bits per heavy atom. The molecule has 0 aliphatic heterocycles. The van der Waals surface area contributed by atoms with E-state index in [1.165, 1.54) is 38.4 Å². The van der Waals surface area contributed by atoms with Gasteiger partial charge in [0.2, 0.25) is 15.9 Å². The Bertz CT molecular complexity index is 1120. The fourth-order valence-electron chi connectivity index (χ4n) is 2.51. The van der Waals surface area contributed by atoms with Crippen LogP contribution >= 0.6 is 0 Å². The first-order chi connectivity index (χ1) is 13.2. The molecular weight excluding hydrogens is 380 g/mol. The summed E-state index contributed by atoms with van der Waals surface area (Å²) in [6.07, 6.45) is 0. The highest BCUT2D eigenvalue weighted by atomic mass is 32.2. The SMILES string of the molecule is Cc1ccc(C)c(-c2nnc(NC(=O)c3ccc(S(=O)(=O)N(C)C)cc3)o2)c1. The molecule has 0 aliphatic rings. The van der Waals surface area contributed by atoms with Gasteiger partial charge in [0.15, 0.2) is 0 Å². The molecule has 1 heterocycles. The lowest BCUT2D eigenvalue weighted by Gasteiger charge is -2.11. The molecule has 0 unspecified atom stereocenters. The average molecular weight is 400 g/mol. The fraction of sp³-hybridized carbons (Fsp3) is 0.211. The van der Waals surface area contributed by atoms with Crippen LogP contribution in [0.2, 0.25) is 0 Å². The van der Waals surface area contributed by atoms with E-state index in [-0.39, 0.29) is 16.5 Å². The summed E-state index contributed by atoms with van der Waals surface area (Å²) in [5, 5.41) is 10.4. The van der Waals surface area contributed by atoms with Gasteiger partial charge in [0.1, 0.15) is 0 Å². The van der Waals surface area contributed by atoms with Crippen LogP contribution in [0.5, 0.6) is 0 Å². The van der Waals surface area contributed by atoms with Crippen molar-refractivity contribution in [2.45, 2.75) is 18.7 Å². The van der Waals surface area contributed by atoms with Crippen LogP contribution in [-0.4, -0.2) is 42.9 Å². The molecule has 0 saturated carbocycles. The van der Waals surface area contributed by atoms with Crippen molar-refractivity contribution in [3.8, 4) is 11.5 Å². The highest BCUT2D eigenvalue weighted by Gasteiger charge is 2.18. The number of hydrogen-bond donors (Lipinski definition) is 1. The lowest BCUT2D eigenvalue weighted by Crippen LogP contribution is -2.22. The van der Waals surface area contributed by atoms with Gasteiger partial charge in [-0.1, -0.05) is 22.8 Å². The van der Waals surface area contributed by atoms with Crippen LogP contribution in [-0.2, 0) is 10.0 Å². The van der Waals surface area contributed by atoms with Gasteiger partial charge in [-0.05, 0) is 49.7 Å². The quantitative estimate of drug-likeness (QED) is 0.706. The molecule has 146 valence electrons. The van der Waals surface area contributed by atoms with E-state index in [0.717, 1.165) is 21.0 Å². The molecule has 0 atom stereocenters. The number of benzene rings is 2. The summed E-state index contributed by atoms with van der Waals surface area (Å²) in [4.78, 5) is 12.5. The van der Waals surface area contributed by atoms with Crippen molar-refractivity contribution in [1.29, 1.82) is 0 Å². The van der Waals surface area contributed by atoms with Gasteiger partial charge in [-0.15, -0.1) is 5.10 Å². The fourth-order valence-corrected chi connectivity index (χ4v) is 3.41. The number of carbonyl (C=O) groups excluding carboxylic acids is 1. The minimum atomic E-state index is -3.55. The highest BCUT2D eigenvalue weighted by Crippen LogP contribution is 2.25. The van der Waals surface area contributed by atoms with Crippen molar-refractivity contribution in [2.24, 2.45) is 0 Å². The highest BCUT2D eigenvalue weighted by molar-refractivity contribution is 7.89. The number of carbonyl (C=O) groups is 1. The summed E-state index contributed by atoms with van der Waals surface area (Å²) in [5.74, 6) is -0.172. The molecule has 3 aromatic rings. The number of nitrogens with zero attached hydrogens (tertiary/aromatic N) is 3. The zero-order valence-corrected chi connectivity index (χ0v) is 16.7. The maximum atomic E-state index is 12.4. The maximum absolute atomic E-state index is 12.4. The van der Waals surface area contributed by atoms with Gasteiger partial charge in [0.05, 0.1) is 4.90 Å². The molecule has 28 heavy (non-hydrogen) atoms. The van der Waals surface area contributed by atoms with E-state index in [9.17, 15) is 13.2 Å². The van der Waals surface area contributed by atoms with E-state index < -0.39 is 15.9 Å². The normalized spacial score (nSPS) is 11.6. The lowest BCUT2D eigenvalue weighted by molar-refractivity contribution is 0.102. The van der Waals surface area contributed by atoms with Gasteiger partial charge in [-0.2, -0.15) is 0 Å². The Labute approximate surface area is 163 Å². The molecule has 0 aliphatic carbocycles. The van der Waals surface area contributed by atoms with E-state index in [4.69, 9.17) is 4.42 Å². The molecule has 0 saturated heterocycles. The molecule has 0 spiro atoms. The second kappa shape index (κ2) is 7.53. The van der Waals surface area contributed by atoms with Gasteiger partial charge in [0.25, 0.3) is 5.91 Å². The number of nitrogens with one attached hydrogen (secondary N) is 1. The first-order valence-corrected chi connectivity index (χ1v) is 9.87. The second-order valence-electron chi connectivity index (χ2n) is 6.50. The molecule has 1 aromatic heterocycles. The van der Waals surface area contributed by atoms with Crippen molar-refractivity contribution in [1.82, 2.24) is 14.5 Å². The predicted octanol–water partition coefficient (Wildman–Crippen LogP) is 2.86. The first-order valence-electron chi connectivity index (χ1n) is 8.43. The number of rotatable bonds is 5. The smallest absolute Gasteiger partial charge is 0.322 e. The molecule has 0 radical (unpaired) electrons. The van der Waals surface area contributed by atoms with Crippen LogP contribution in [0.1, 0.15) is 21.5 Å². The minimum absolute atomic E-state index is 0.0362. The molecule has 0 fully saturated rings. The minimum Gasteiger partial charge on any atom is -0.403 e. The zero-order valence-electron chi connectivity index (χ0n) is 15.9. The number of anilines is 1. The molecule has 0 bridgehead atoms. The van der Waals surface area contributed by atoms with Crippen LogP contribution < -0.4 is 5.32 Å². The molecule has 1 amide bonds. The number of aromatic nitrogens is 2. The van der Waals surface area contributed by atoms with E-state index in [1.807, 2.05) is 32.0 Å². The summed E-state index contributed by atoms with van der Waals surface area (Å²) in [5.41, 5.74) is 3.09. The second-order valence-corrected chi connectivity index (χ2v) is 8.65. The number of amides is 1. The molecule has 1 N–H and O–H groups in total. The summed E-state index contributed by atoms with van der Waals surface area (Å²) in [6.45, 7) is 3.89. The summed E-state index contributed by atoms with van der Waals surface area (Å²) in [6, 6.07) is 11.4. The lowest BCUT2D eigenvalue weighted by atomic mass is 10.1.